The number of aliphatic hydroxyl groups excluding tert-OH is 1. The van der Waals surface area contributed by atoms with E-state index in [1.165, 1.54) is 45.1 Å². The Morgan fingerprint density at radius 2 is 1.95 bits per heavy atom. The first-order valence-corrected chi connectivity index (χ1v) is 8.78. The minimum Gasteiger partial charge on any atom is -0.394 e. The zero-order chi connectivity index (χ0) is 14.4. The molecule has 1 saturated carbocycles. The Hall–Kier alpha value is -0.120. The van der Waals surface area contributed by atoms with E-state index in [1.54, 1.807) is 0 Å². The van der Waals surface area contributed by atoms with E-state index in [0.717, 1.165) is 37.9 Å². The van der Waals surface area contributed by atoms with Crippen molar-refractivity contribution < 1.29 is 5.11 Å². The molecule has 1 saturated heterocycles. The van der Waals surface area contributed by atoms with Crippen LogP contribution in [0, 0.1) is 5.92 Å². The van der Waals surface area contributed by atoms with Crippen molar-refractivity contribution in [3.63, 3.8) is 0 Å². The molecule has 2 aliphatic rings. The number of hydrogen-bond acceptors (Lipinski definition) is 3. The lowest BCUT2D eigenvalue weighted by Crippen LogP contribution is -2.52. The van der Waals surface area contributed by atoms with E-state index >= 15 is 0 Å². The lowest BCUT2D eigenvalue weighted by atomic mass is 9.78. The Kier molecular flexibility index (Phi) is 6.31. The summed E-state index contributed by atoms with van der Waals surface area (Å²) in [7, 11) is 0. The number of hydrogen-bond donors (Lipinski definition) is 2. The molecule has 0 aromatic carbocycles. The molecule has 1 aliphatic carbocycles. The Balaban J connectivity index is 1.84. The molecule has 0 radical (unpaired) electrons. The second-order valence-corrected chi connectivity index (χ2v) is 7.19. The lowest BCUT2D eigenvalue weighted by molar-refractivity contribution is 0.0477. The molecule has 1 heterocycles. The third kappa shape index (κ3) is 4.19. The molecule has 20 heavy (non-hydrogen) atoms. The molecule has 2 rings (SSSR count). The fraction of sp³-hybridized carbons (Fsp3) is 1.00. The Morgan fingerprint density at radius 3 is 2.70 bits per heavy atom. The SMILES string of the molecule is CCCNC(C)(CO)CCN1CCCC2CCCCC21. The summed E-state index contributed by atoms with van der Waals surface area (Å²) in [6.07, 6.45) is 10.7. The van der Waals surface area contributed by atoms with Crippen LogP contribution < -0.4 is 5.32 Å². The number of nitrogens with zero attached hydrogens (tertiary/aromatic N) is 1. The van der Waals surface area contributed by atoms with Gasteiger partial charge in [-0.1, -0.05) is 19.8 Å². The summed E-state index contributed by atoms with van der Waals surface area (Å²) in [6, 6.07) is 0.839. The molecule has 0 aromatic heterocycles. The van der Waals surface area contributed by atoms with E-state index < -0.39 is 0 Å². The minimum absolute atomic E-state index is 0.0996. The third-order valence-corrected chi connectivity index (χ3v) is 5.46. The first kappa shape index (κ1) is 16.3. The van der Waals surface area contributed by atoms with Gasteiger partial charge < -0.3 is 15.3 Å². The average molecular weight is 282 g/mol. The van der Waals surface area contributed by atoms with Crippen LogP contribution in [0.25, 0.3) is 0 Å². The quantitative estimate of drug-likeness (QED) is 0.754. The van der Waals surface area contributed by atoms with Crippen molar-refractivity contribution in [1.82, 2.24) is 10.2 Å². The van der Waals surface area contributed by atoms with Crippen molar-refractivity contribution in [2.45, 2.75) is 76.8 Å². The summed E-state index contributed by atoms with van der Waals surface area (Å²) in [6.45, 7) is 8.02. The smallest absolute Gasteiger partial charge is 0.0611 e. The zero-order valence-corrected chi connectivity index (χ0v) is 13.5. The summed E-state index contributed by atoms with van der Waals surface area (Å²) in [4.78, 5) is 2.73. The fourth-order valence-electron chi connectivity index (χ4n) is 4.05. The topological polar surface area (TPSA) is 35.5 Å². The number of fused-ring (bicyclic) bond motifs is 1. The first-order valence-electron chi connectivity index (χ1n) is 8.78. The molecule has 3 atom stereocenters. The van der Waals surface area contributed by atoms with Crippen LogP contribution in [-0.2, 0) is 0 Å². The molecular weight excluding hydrogens is 248 g/mol. The van der Waals surface area contributed by atoms with Gasteiger partial charge in [0.15, 0.2) is 0 Å². The average Bonchev–Trinajstić information content (AvgIpc) is 2.51. The summed E-state index contributed by atoms with van der Waals surface area (Å²) >= 11 is 0. The van der Waals surface area contributed by atoms with Crippen LogP contribution in [0.4, 0.5) is 0 Å². The standard InChI is InChI=1S/C17H34N2O/c1-3-11-18-17(2,14-20)10-13-19-12-6-8-15-7-4-5-9-16(15)19/h15-16,18,20H,3-14H2,1-2H3. The van der Waals surface area contributed by atoms with Crippen LogP contribution in [0.5, 0.6) is 0 Å². The molecule has 2 N–H and O–H groups in total. The number of likely N-dealkylation sites (tertiary alicyclic amines) is 1. The Morgan fingerprint density at radius 1 is 1.20 bits per heavy atom. The lowest BCUT2D eigenvalue weighted by Gasteiger charge is -2.45. The van der Waals surface area contributed by atoms with Crippen molar-refractivity contribution in [3.05, 3.63) is 0 Å². The monoisotopic (exact) mass is 282 g/mol. The van der Waals surface area contributed by atoms with Gasteiger partial charge in [0.05, 0.1) is 6.61 Å². The largest absolute Gasteiger partial charge is 0.394 e. The van der Waals surface area contributed by atoms with Crippen LogP contribution in [0.3, 0.4) is 0 Å². The predicted molar refractivity (Wildman–Crippen MR) is 85.0 cm³/mol. The maximum absolute atomic E-state index is 9.69. The van der Waals surface area contributed by atoms with Crippen molar-refractivity contribution in [2.75, 3.05) is 26.2 Å². The van der Waals surface area contributed by atoms with E-state index in [-0.39, 0.29) is 12.1 Å². The van der Waals surface area contributed by atoms with Gasteiger partial charge in [-0.2, -0.15) is 0 Å². The highest BCUT2D eigenvalue weighted by molar-refractivity contribution is 4.90. The number of rotatable bonds is 7. The maximum atomic E-state index is 9.69. The van der Waals surface area contributed by atoms with Gasteiger partial charge in [0.1, 0.15) is 0 Å². The summed E-state index contributed by atoms with van der Waals surface area (Å²) in [5.74, 6) is 0.960. The number of nitrogens with one attached hydrogen (secondary N) is 1. The molecule has 0 bridgehead atoms. The summed E-state index contributed by atoms with van der Waals surface area (Å²) in [5, 5.41) is 13.2. The van der Waals surface area contributed by atoms with Gasteiger partial charge in [-0.25, -0.2) is 0 Å². The molecule has 3 unspecified atom stereocenters. The second-order valence-electron chi connectivity index (χ2n) is 7.19. The number of aliphatic hydroxyl groups is 1. The van der Waals surface area contributed by atoms with Crippen LogP contribution in [-0.4, -0.2) is 47.8 Å². The van der Waals surface area contributed by atoms with Crippen LogP contribution in [0.2, 0.25) is 0 Å². The van der Waals surface area contributed by atoms with Gasteiger partial charge in [-0.15, -0.1) is 0 Å². The van der Waals surface area contributed by atoms with Crippen molar-refractivity contribution in [3.8, 4) is 0 Å². The van der Waals surface area contributed by atoms with Crippen LogP contribution >= 0.6 is 0 Å². The van der Waals surface area contributed by atoms with Crippen molar-refractivity contribution in [1.29, 1.82) is 0 Å². The molecule has 118 valence electrons. The molecular formula is C17H34N2O. The zero-order valence-electron chi connectivity index (χ0n) is 13.5. The van der Waals surface area contributed by atoms with E-state index in [4.69, 9.17) is 0 Å². The van der Waals surface area contributed by atoms with E-state index in [0.29, 0.717) is 0 Å². The molecule has 3 nitrogen and oxygen atoms in total. The first-order chi connectivity index (χ1) is 9.68. The van der Waals surface area contributed by atoms with Gasteiger partial charge in [0.2, 0.25) is 0 Å². The Bertz CT molecular complexity index is 282. The van der Waals surface area contributed by atoms with Gasteiger partial charge in [-0.05, 0) is 64.5 Å². The van der Waals surface area contributed by atoms with Crippen LogP contribution in [0.15, 0.2) is 0 Å². The predicted octanol–water partition coefficient (Wildman–Crippen LogP) is 2.78. The summed E-state index contributed by atoms with van der Waals surface area (Å²) < 4.78 is 0. The molecule has 0 spiro atoms. The van der Waals surface area contributed by atoms with Gasteiger partial charge in [0, 0.05) is 18.1 Å². The molecule has 1 aliphatic heterocycles. The van der Waals surface area contributed by atoms with Crippen molar-refractivity contribution >= 4 is 0 Å². The van der Waals surface area contributed by atoms with Crippen LogP contribution in [0.1, 0.15) is 65.2 Å². The van der Waals surface area contributed by atoms with Gasteiger partial charge in [0.25, 0.3) is 0 Å². The highest BCUT2D eigenvalue weighted by Crippen LogP contribution is 2.35. The maximum Gasteiger partial charge on any atom is 0.0611 e. The molecule has 0 aromatic rings. The fourth-order valence-corrected chi connectivity index (χ4v) is 4.05. The van der Waals surface area contributed by atoms with Gasteiger partial charge in [-0.3, -0.25) is 0 Å². The van der Waals surface area contributed by atoms with E-state index in [9.17, 15) is 5.11 Å². The number of piperidine rings is 1. The van der Waals surface area contributed by atoms with Gasteiger partial charge >= 0.3 is 0 Å². The third-order valence-electron chi connectivity index (χ3n) is 5.46. The molecule has 3 heteroatoms. The summed E-state index contributed by atoms with van der Waals surface area (Å²) in [5.41, 5.74) is -0.0996. The van der Waals surface area contributed by atoms with E-state index in [2.05, 4.69) is 24.1 Å². The van der Waals surface area contributed by atoms with E-state index in [1.807, 2.05) is 0 Å². The van der Waals surface area contributed by atoms with Crippen molar-refractivity contribution in [2.24, 2.45) is 5.92 Å². The molecule has 0 amide bonds. The normalized spacial score (nSPS) is 30.8. The Labute approximate surface area is 125 Å². The highest BCUT2D eigenvalue weighted by atomic mass is 16.3. The highest BCUT2D eigenvalue weighted by Gasteiger charge is 2.34. The second kappa shape index (κ2) is 7.77. The minimum atomic E-state index is -0.0996. The molecule has 2 fully saturated rings.